The number of carbonyl (C=O) groups is 3. The molecule has 0 aliphatic carbocycles. The van der Waals surface area contributed by atoms with Gasteiger partial charge in [-0.3, -0.25) is 14.4 Å². The van der Waals surface area contributed by atoms with E-state index in [0.29, 0.717) is 5.76 Å². The van der Waals surface area contributed by atoms with Crippen molar-refractivity contribution in [2.24, 2.45) is 11.5 Å². The smallest absolute Gasteiger partial charge is 0.245 e. The molecule has 0 aliphatic rings. The highest BCUT2D eigenvalue weighted by Gasteiger charge is 2.21. The lowest BCUT2D eigenvalue weighted by atomic mass is 10.2. The Balaban J connectivity index is 2.48. The van der Waals surface area contributed by atoms with Crippen LogP contribution in [0.5, 0.6) is 0 Å². The van der Waals surface area contributed by atoms with Gasteiger partial charge in [0.15, 0.2) is 5.82 Å². The van der Waals surface area contributed by atoms with Crippen LogP contribution in [-0.2, 0) is 14.4 Å². The number of nitrogens with two attached hydrogens (primary N) is 2. The summed E-state index contributed by atoms with van der Waals surface area (Å²) < 4.78 is 4.78. The summed E-state index contributed by atoms with van der Waals surface area (Å²) >= 11 is 0. The van der Waals surface area contributed by atoms with E-state index in [4.69, 9.17) is 16.0 Å². The summed E-state index contributed by atoms with van der Waals surface area (Å²) in [6.07, 6.45) is -0.271. The highest BCUT2D eigenvalue weighted by Crippen LogP contribution is 2.06. The van der Waals surface area contributed by atoms with Gasteiger partial charge in [0.25, 0.3) is 0 Å². The molecule has 1 aromatic rings. The van der Waals surface area contributed by atoms with Crippen LogP contribution in [0.1, 0.15) is 12.2 Å². The Hall–Kier alpha value is -2.42. The van der Waals surface area contributed by atoms with Crippen molar-refractivity contribution in [2.75, 3.05) is 18.9 Å². The van der Waals surface area contributed by atoms with Crippen molar-refractivity contribution < 1.29 is 18.9 Å². The third-order valence-corrected chi connectivity index (χ3v) is 2.39. The molecule has 0 spiro atoms. The maximum Gasteiger partial charge on any atom is 0.245 e. The molecule has 0 radical (unpaired) electrons. The Kier molecular flexibility index (Phi) is 5.21. The minimum absolute atomic E-state index is 0.225. The van der Waals surface area contributed by atoms with Gasteiger partial charge in [0, 0.05) is 13.1 Å². The fourth-order valence-corrected chi connectivity index (χ4v) is 1.49. The van der Waals surface area contributed by atoms with Gasteiger partial charge < -0.3 is 26.2 Å². The molecule has 0 saturated heterocycles. The van der Waals surface area contributed by atoms with E-state index in [0.717, 1.165) is 4.90 Å². The zero-order valence-corrected chi connectivity index (χ0v) is 11.3. The summed E-state index contributed by atoms with van der Waals surface area (Å²) in [5, 5.41) is 6.04. The zero-order chi connectivity index (χ0) is 15.3. The second-order valence-electron chi connectivity index (χ2n) is 4.34. The summed E-state index contributed by atoms with van der Waals surface area (Å²) in [6.45, 7) is 1.46. The van der Waals surface area contributed by atoms with Crippen LogP contribution in [0, 0.1) is 6.92 Å². The normalized spacial score (nSPS) is 11.8. The minimum atomic E-state index is -1.06. The first-order chi connectivity index (χ1) is 9.29. The van der Waals surface area contributed by atoms with Gasteiger partial charge in [0.1, 0.15) is 5.76 Å². The Bertz CT molecular complexity index is 513. The van der Waals surface area contributed by atoms with Gasteiger partial charge in [-0.25, -0.2) is 0 Å². The Morgan fingerprint density at radius 3 is 2.65 bits per heavy atom. The summed E-state index contributed by atoms with van der Waals surface area (Å²) in [5.41, 5.74) is 10.4. The van der Waals surface area contributed by atoms with Crippen molar-refractivity contribution in [2.45, 2.75) is 19.4 Å². The SMILES string of the molecule is Cc1cc(NC(=O)CN(C)C(=O)C(N)CC(N)=O)no1. The first-order valence-electron chi connectivity index (χ1n) is 5.81. The summed E-state index contributed by atoms with van der Waals surface area (Å²) in [7, 11) is 1.40. The van der Waals surface area contributed by atoms with Crippen molar-refractivity contribution in [3.05, 3.63) is 11.8 Å². The predicted molar refractivity (Wildman–Crippen MR) is 69.3 cm³/mol. The van der Waals surface area contributed by atoms with Crippen molar-refractivity contribution in [1.82, 2.24) is 10.1 Å². The minimum Gasteiger partial charge on any atom is -0.370 e. The molecule has 1 unspecified atom stereocenters. The topological polar surface area (TPSA) is 145 Å². The van der Waals surface area contributed by atoms with E-state index in [1.54, 1.807) is 13.0 Å². The molecule has 1 heterocycles. The third-order valence-electron chi connectivity index (χ3n) is 2.39. The molecule has 0 fully saturated rings. The molecule has 5 N–H and O–H groups in total. The monoisotopic (exact) mass is 283 g/mol. The lowest BCUT2D eigenvalue weighted by Gasteiger charge is -2.19. The second-order valence-corrected chi connectivity index (χ2v) is 4.34. The molecule has 1 rings (SSSR count). The first-order valence-corrected chi connectivity index (χ1v) is 5.81. The van der Waals surface area contributed by atoms with Crippen molar-refractivity contribution in [3.63, 3.8) is 0 Å². The Labute approximate surface area is 115 Å². The first kappa shape index (κ1) is 15.6. The van der Waals surface area contributed by atoms with Gasteiger partial charge in [0.05, 0.1) is 19.0 Å². The van der Waals surface area contributed by atoms with Crippen LogP contribution in [0.3, 0.4) is 0 Å². The van der Waals surface area contributed by atoms with E-state index in [-0.39, 0.29) is 18.8 Å². The molecule has 110 valence electrons. The number of rotatable bonds is 6. The quantitative estimate of drug-likeness (QED) is 0.584. The van der Waals surface area contributed by atoms with Gasteiger partial charge >= 0.3 is 0 Å². The van der Waals surface area contributed by atoms with Crippen molar-refractivity contribution in [3.8, 4) is 0 Å². The maximum atomic E-state index is 11.7. The standard InChI is InChI=1S/C11H17N5O4/c1-6-3-9(15-20-6)14-10(18)5-16(2)11(19)7(12)4-8(13)17/h3,7H,4-5,12H2,1-2H3,(H2,13,17)(H,14,15,18). The molecular formula is C11H17N5O4. The zero-order valence-electron chi connectivity index (χ0n) is 11.3. The Morgan fingerprint density at radius 2 is 2.15 bits per heavy atom. The number of primary amides is 1. The van der Waals surface area contributed by atoms with E-state index in [1.807, 2.05) is 0 Å². The van der Waals surface area contributed by atoms with Crippen LogP contribution in [0.2, 0.25) is 0 Å². The fourth-order valence-electron chi connectivity index (χ4n) is 1.49. The van der Waals surface area contributed by atoms with Crippen LogP contribution in [-0.4, -0.2) is 47.4 Å². The van der Waals surface area contributed by atoms with E-state index in [9.17, 15) is 14.4 Å². The molecule has 3 amide bonds. The molecule has 1 atom stereocenters. The van der Waals surface area contributed by atoms with Gasteiger partial charge in [-0.15, -0.1) is 0 Å². The van der Waals surface area contributed by atoms with Gasteiger partial charge in [-0.2, -0.15) is 0 Å². The van der Waals surface area contributed by atoms with Gasteiger partial charge in [-0.1, -0.05) is 5.16 Å². The van der Waals surface area contributed by atoms with Crippen LogP contribution < -0.4 is 16.8 Å². The number of aryl methyl sites for hydroxylation is 1. The number of anilines is 1. The predicted octanol–water partition coefficient (Wildman–Crippen LogP) is -1.42. The average Bonchev–Trinajstić information content (AvgIpc) is 2.72. The number of nitrogens with zero attached hydrogens (tertiary/aromatic N) is 2. The van der Waals surface area contributed by atoms with Crippen LogP contribution in [0.4, 0.5) is 5.82 Å². The lowest BCUT2D eigenvalue weighted by Crippen LogP contribution is -2.46. The third kappa shape index (κ3) is 4.69. The van der Waals surface area contributed by atoms with Crippen LogP contribution in [0.15, 0.2) is 10.6 Å². The van der Waals surface area contributed by atoms with Crippen molar-refractivity contribution in [1.29, 1.82) is 0 Å². The van der Waals surface area contributed by atoms with E-state index >= 15 is 0 Å². The highest BCUT2D eigenvalue weighted by atomic mass is 16.5. The van der Waals surface area contributed by atoms with Crippen molar-refractivity contribution >= 4 is 23.5 Å². The van der Waals surface area contributed by atoms with E-state index < -0.39 is 23.8 Å². The lowest BCUT2D eigenvalue weighted by molar-refractivity contribution is -0.135. The number of hydrogen-bond acceptors (Lipinski definition) is 6. The van der Waals surface area contributed by atoms with E-state index in [1.165, 1.54) is 7.05 Å². The van der Waals surface area contributed by atoms with Crippen LogP contribution >= 0.6 is 0 Å². The summed E-state index contributed by atoms with van der Waals surface area (Å²) in [6, 6.07) is 0.484. The molecule has 20 heavy (non-hydrogen) atoms. The summed E-state index contributed by atoms with van der Waals surface area (Å²) in [4.78, 5) is 35.2. The number of likely N-dealkylation sites (N-methyl/N-ethyl adjacent to an activating group) is 1. The molecule has 0 bridgehead atoms. The highest BCUT2D eigenvalue weighted by molar-refractivity contribution is 5.95. The van der Waals surface area contributed by atoms with Crippen LogP contribution in [0.25, 0.3) is 0 Å². The molecular weight excluding hydrogens is 266 g/mol. The molecule has 9 nitrogen and oxygen atoms in total. The molecule has 0 aromatic carbocycles. The average molecular weight is 283 g/mol. The maximum absolute atomic E-state index is 11.7. The van der Waals surface area contributed by atoms with Gasteiger partial charge in [0.2, 0.25) is 17.7 Å². The Morgan fingerprint density at radius 1 is 1.50 bits per heavy atom. The molecule has 0 saturated carbocycles. The second kappa shape index (κ2) is 6.66. The van der Waals surface area contributed by atoms with E-state index in [2.05, 4.69) is 10.5 Å². The molecule has 0 aliphatic heterocycles. The fraction of sp³-hybridized carbons (Fsp3) is 0.455. The summed E-state index contributed by atoms with van der Waals surface area (Å²) in [5.74, 6) is -0.875. The molecule has 1 aromatic heterocycles. The largest absolute Gasteiger partial charge is 0.370 e. The number of nitrogens with one attached hydrogen (secondary N) is 1. The molecule has 9 heteroatoms. The number of amides is 3. The number of aromatic nitrogens is 1. The van der Waals surface area contributed by atoms with Gasteiger partial charge in [-0.05, 0) is 6.92 Å². The number of hydrogen-bond donors (Lipinski definition) is 3. The number of carbonyl (C=O) groups excluding carboxylic acids is 3.